The highest BCUT2D eigenvalue weighted by molar-refractivity contribution is 5.70. The molecular formula is C14H10F6N2O. The number of halogens is 6. The van der Waals surface area contributed by atoms with Crippen molar-refractivity contribution in [2.24, 2.45) is 0 Å². The largest absolute Gasteiger partial charge is 0.453 e. The van der Waals surface area contributed by atoms with Crippen LogP contribution in [0.5, 0.6) is 11.5 Å². The Morgan fingerprint density at radius 3 is 1.52 bits per heavy atom. The molecule has 2 rings (SSSR count). The Bertz CT molecular complexity index is 684. The molecule has 124 valence electrons. The molecule has 2 aromatic rings. The fourth-order valence-electron chi connectivity index (χ4n) is 1.79. The molecule has 0 aliphatic carbocycles. The number of nitrogens with two attached hydrogens (primary N) is 2. The van der Waals surface area contributed by atoms with Crippen molar-refractivity contribution >= 4 is 11.4 Å². The van der Waals surface area contributed by atoms with Crippen LogP contribution in [0.3, 0.4) is 0 Å². The summed E-state index contributed by atoms with van der Waals surface area (Å²) in [5, 5.41) is 0. The molecule has 23 heavy (non-hydrogen) atoms. The Kier molecular flexibility index (Phi) is 4.06. The summed E-state index contributed by atoms with van der Waals surface area (Å²) in [5.41, 5.74) is 8.27. The van der Waals surface area contributed by atoms with Gasteiger partial charge in [-0.15, -0.1) is 0 Å². The van der Waals surface area contributed by atoms with Gasteiger partial charge >= 0.3 is 12.4 Å². The monoisotopic (exact) mass is 336 g/mol. The molecule has 0 heterocycles. The average molecular weight is 336 g/mol. The predicted octanol–water partition coefficient (Wildman–Crippen LogP) is 4.68. The number of hydrogen-bond donors (Lipinski definition) is 2. The number of benzene rings is 2. The Balaban J connectivity index is 2.30. The Morgan fingerprint density at radius 1 is 0.696 bits per heavy atom. The van der Waals surface area contributed by atoms with Crippen molar-refractivity contribution in [3.63, 3.8) is 0 Å². The van der Waals surface area contributed by atoms with Gasteiger partial charge in [0.15, 0.2) is 5.75 Å². The third-order valence-electron chi connectivity index (χ3n) is 2.88. The number of nitrogen functional groups attached to an aromatic ring is 2. The van der Waals surface area contributed by atoms with Crippen molar-refractivity contribution in [2.45, 2.75) is 12.4 Å². The van der Waals surface area contributed by atoms with Crippen LogP contribution >= 0.6 is 0 Å². The Hall–Kier alpha value is -2.58. The molecule has 4 N–H and O–H groups in total. The van der Waals surface area contributed by atoms with Crippen LogP contribution in [0.15, 0.2) is 36.4 Å². The fourth-order valence-corrected chi connectivity index (χ4v) is 1.79. The lowest BCUT2D eigenvalue weighted by Crippen LogP contribution is -2.08. The molecule has 3 nitrogen and oxygen atoms in total. The molecule has 9 heteroatoms. The van der Waals surface area contributed by atoms with Crippen molar-refractivity contribution in [3.05, 3.63) is 47.5 Å². The van der Waals surface area contributed by atoms with Crippen LogP contribution in [0, 0.1) is 0 Å². The van der Waals surface area contributed by atoms with Gasteiger partial charge in [-0.05, 0) is 36.4 Å². The first-order valence-electron chi connectivity index (χ1n) is 6.10. The lowest BCUT2D eigenvalue weighted by Gasteiger charge is -2.15. The molecule has 0 unspecified atom stereocenters. The maximum Gasteiger partial charge on any atom is 0.416 e. The van der Waals surface area contributed by atoms with Gasteiger partial charge in [0.1, 0.15) is 5.75 Å². The van der Waals surface area contributed by atoms with Crippen molar-refractivity contribution in [2.75, 3.05) is 11.5 Å². The third kappa shape index (κ3) is 3.79. The Labute approximate surface area is 126 Å². The van der Waals surface area contributed by atoms with E-state index in [2.05, 4.69) is 0 Å². The summed E-state index contributed by atoms with van der Waals surface area (Å²) < 4.78 is 80.3. The second-order valence-electron chi connectivity index (χ2n) is 4.61. The van der Waals surface area contributed by atoms with Gasteiger partial charge in [-0.2, -0.15) is 26.3 Å². The van der Waals surface area contributed by atoms with E-state index >= 15 is 0 Å². The third-order valence-corrected chi connectivity index (χ3v) is 2.88. The predicted molar refractivity (Wildman–Crippen MR) is 71.8 cm³/mol. The van der Waals surface area contributed by atoms with E-state index in [0.717, 1.165) is 24.3 Å². The maximum absolute atomic E-state index is 12.6. The minimum Gasteiger partial charge on any atom is -0.453 e. The van der Waals surface area contributed by atoms with Gasteiger partial charge in [0.2, 0.25) is 0 Å². The quantitative estimate of drug-likeness (QED) is 0.618. The zero-order valence-corrected chi connectivity index (χ0v) is 11.3. The smallest absolute Gasteiger partial charge is 0.416 e. The van der Waals surface area contributed by atoms with Crippen molar-refractivity contribution in [3.8, 4) is 11.5 Å². The lowest BCUT2D eigenvalue weighted by molar-refractivity contribution is -0.138. The van der Waals surface area contributed by atoms with Gasteiger partial charge in [-0.25, -0.2) is 0 Å². The van der Waals surface area contributed by atoms with Gasteiger partial charge in [-0.3, -0.25) is 0 Å². The van der Waals surface area contributed by atoms with Crippen molar-refractivity contribution < 1.29 is 31.1 Å². The van der Waals surface area contributed by atoms with Crippen molar-refractivity contribution in [1.29, 1.82) is 0 Å². The van der Waals surface area contributed by atoms with Gasteiger partial charge in [0.25, 0.3) is 0 Å². The molecular weight excluding hydrogens is 326 g/mol. The van der Waals surface area contributed by atoms with E-state index in [1.54, 1.807) is 0 Å². The van der Waals surface area contributed by atoms with Crippen LogP contribution in [0.2, 0.25) is 0 Å². The van der Waals surface area contributed by atoms with E-state index in [1.807, 2.05) is 0 Å². The molecule has 2 aromatic carbocycles. The zero-order valence-electron chi connectivity index (χ0n) is 11.3. The molecule has 0 saturated carbocycles. The van der Waals surface area contributed by atoms with Gasteiger partial charge in [0, 0.05) is 0 Å². The second-order valence-corrected chi connectivity index (χ2v) is 4.61. The lowest BCUT2D eigenvalue weighted by atomic mass is 10.1. The molecule has 0 fully saturated rings. The molecule has 0 aliphatic heterocycles. The van der Waals surface area contributed by atoms with Crippen LogP contribution in [0.25, 0.3) is 0 Å². The minimum atomic E-state index is -4.63. The second kappa shape index (κ2) is 5.56. The van der Waals surface area contributed by atoms with Crippen LogP contribution in [-0.4, -0.2) is 0 Å². The molecule has 0 spiro atoms. The summed E-state index contributed by atoms with van der Waals surface area (Å²) in [6.45, 7) is 0. The fraction of sp³-hybridized carbons (Fsp3) is 0.143. The number of ether oxygens (including phenoxy) is 1. The topological polar surface area (TPSA) is 61.3 Å². The summed E-state index contributed by atoms with van der Waals surface area (Å²) in [5.74, 6) is -0.297. The molecule has 0 radical (unpaired) electrons. The first-order valence-corrected chi connectivity index (χ1v) is 6.10. The zero-order chi connectivity index (χ0) is 17.4. The first kappa shape index (κ1) is 16.8. The maximum atomic E-state index is 12.6. The normalized spacial score (nSPS) is 12.3. The summed E-state index contributed by atoms with van der Waals surface area (Å²) in [6, 6.07) is 4.84. The van der Waals surface area contributed by atoms with Crippen molar-refractivity contribution in [1.82, 2.24) is 0 Å². The van der Waals surface area contributed by atoms with Crippen LogP contribution < -0.4 is 16.2 Å². The molecule has 0 atom stereocenters. The van der Waals surface area contributed by atoms with E-state index in [4.69, 9.17) is 16.2 Å². The summed E-state index contributed by atoms with van der Waals surface area (Å²) in [6.07, 6.45) is -9.14. The van der Waals surface area contributed by atoms with Gasteiger partial charge < -0.3 is 16.2 Å². The molecule has 0 saturated heterocycles. The van der Waals surface area contributed by atoms with E-state index in [1.165, 1.54) is 0 Å². The summed E-state index contributed by atoms with van der Waals surface area (Å²) in [7, 11) is 0. The highest BCUT2D eigenvalue weighted by Gasteiger charge is 2.32. The summed E-state index contributed by atoms with van der Waals surface area (Å²) in [4.78, 5) is 0. The van der Waals surface area contributed by atoms with Crippen LogP contribution in [0.4, 0.5) is 37.7 Å². The first-order chi connectivity index (χ1) is 10.5. The van der Waals surface area contributed by atoms with E-state index in [9.17, 15) is 26.3 Å². The van der Waals surface area contributed by atoms with Gasteiger partial charge in [-0.1, -0.05) is 0 Å². The molecule has 0 bridgehead atoms. The number of rotatable bonds is 2. The van der Waals surface area contributed by atoms with Crippen LogP contribution in [0.1, 0.15) is 11.1 Å². The average Bonchev–Trinajstić information content (AvgIpc) is 2.41. The number of hydrogen-bond acceptors (Lipinski definition) is 3. The number of anilines is 2. The summed E-state index contributed by atoms with van der Waals surface area (Å²) >= 11 is 0. The van der Waals surface area contributed by atoms with Gasteiger partial charge in [0.05, 0.1) is 22.5 Å². The molecule has 0 aromatic heterocycles. The highest BCUT2D eigenvalue weighted by Crippen LogP contribution is 2.40. The Morgan fingerprint density at radius 2 is 1.13 bits per heavy atom. The molecule has 0 aliphatic rings. The standard InChI is InChI=1S/C14H10F6N2O/c15-13(16,17)7-1-3-9(4-2-7)23-12-10(21)5-8(6-11(12)22)14(18,19)20/h1-6H,21-22H2. The molecule has 0 amide bonds. The van der Waals surface area contributed by atoms with E-state index in [0.29, 0.717) is 12.1 Å². The SMILES string of the molecule is Nc1cc(C(F)(F)F)cc(N)c1Oc1ccc(C(F)(F)F)cc1. The number of alkyl halides is 6. The van der Waals surface area contributed by atoms with Crippen LogP contribution in [-0.2, 0) is 12.4 Å². The van der Waals surface area contributed by atoms with E-state index in [-0.39, 0.29) is 22.9 Å². The van der Waals surface area contributed by atoms with E-state index < -0.39 is 23.5 Å². The highest BCUT2D eigenvalue weighted by atomic mass is 19.4. The minimum absolute atomic E-state index is 0.0452.